The first kappa shape index (κ1) is 14.1. The van der Waals surface area contributed by atoms with Crippen LogP contribution in [-0.2, 0) is 4.74 Å². The van der Waals surface area contributed by atoms with Crippen LogP contribution in [0.4, 0.5) is 4.79 Å². The normalized spacial score (nSPS) is 10.0. The van der Waals surface area contributed by atoms with Gasteiger partial charge in [0.25, 0.3) is 0 Å². The second kappa shape index (κ2) is 6.08. The number of ether oxygens (including phenoxy) is 1. The lowest BCUT2D eigenvalue weighted by Crippen LogP contribution is -2.41. The molecule has 12 heavy (non-hydrogen) atoms. The molecule has 74 valence electrons. The van der Waals surface area contributed by atoms with Crippen molar-refractivity contribution in [1.29, 1.82) is 0 Å². The van der Waals surface area contributed by atoms with Crippen molar-refractivity contribution in [1.82, 2.24) is 5.32 Å². The highest BCUT2D eigenvalue weighted by Crippen LogP contribution is 1.98. The summed E-state index contributed by atoms with van der Waals surface area (Å²) in [4.78, 5) is 10.8. The molecular formula is C7H17ClN2O2. The van der Waals surface area contributed by atoms with Crippen LogP contribution in [0, 0.1) is 0 Å². The SMILES string of the molecule is CC(C)(C)NC(=O)OCCN.Cl. The van der Waals surface area contributed by atoms with Crippen LogP contribution >= 0.6 is 12.4 Å². The second-order valence-corrected chi connectivity index (χ2v) is 3.30. The molecule has 0 aromatic heterocycles. The zero-order chi connectivity index (χ0) is 8.91. The summed E-state index contributed by atoms with van der Waals surface area (Å²) in [6.07, 6.45) is -0.414. The summed E-state index contributed by atoms with van der Waals surface area (Å²) in [5.41, 5.74) is 4.89. The Kier molecular flexibility index (Phi) is 7.13. The minimum Gasteiger partial charge on any atom is -0.448 e. The number of alkyl carbamates (subject to hydrolysis) is 1. The number of rotatable bonds is 2. The van der Waals surface area contributed by atoms with E-state index >= 15 is 0 Å². The topological polar surface area (TPSA) is 64.3 Å². The van der Waals surface area contributed by atoms with Gasteiger partial charge in [-0.1, -0.05) is 0 Å². The number of carbonyl (C=O) groups excluding carboxylic acids is 1. The Morgan fingerprint density at radius 2 is 2.00 bits per heavy atom. The number of nitrogens with two attached hydrogens (primary N) is 1. The van der Waals surface area contributed by atoms with E-state index in [0.717, 1.165) is 0 Å². The van der Waals surface area contributed by atoms with E-state index in [1.807, 2.05) is 20.8 Å². The highest BCUT2D eigenvalue weighted by molar-refractivity contribution is 5.85. The third kappa shape index (κ3) is 9.52. The molecule has 3 N–H and O–H groups in total. The molecule has 0 rings (SSSR count). The van der Waals surface area contributed by atoms with Crippen LogP contribution in [0.3, 0.4) is 0 Å². The third-order valence-corrected chi connectivity index (χ3v) is 0.828. The number of amides is 1. The fraction of sp³-hybridized carbons (Fsp3) is 0.857. The summed E-state index contributed by atoms with van der Waals surface area (Å²) >= 11 is 0. The van der Waals surface area contributed by atoms with Crippen molar-refractivity contribution in [3.05, 3.63) is 0 Å². The first-order valence-corrected chi connectivity index (χ1v) is 3.61. The van der Waals surface area contributed by atoms with Gasteiger partial charge in [0.1, 0.15) is 6.61 Å². The average Bonchev–Trinajstić information content (AvgIpc) is 1.79. The predicted molar refractivity (Wildman–Crippen MR) is 50.5 cm³/mol. The van der Waals surface area contributed by atoms with Crippen LogP contribution in [0.5, 0.6) is 0 Å². The lowest BCUT2D eigenvalue weighted by atomic mass is 10.1. The zero-order valence-electron chi connectivity index (χ0n) is 7.72. The average molecular weight is 197 g/mol. The molecule has 0 aromatic carbocycles. The third-order valence-electron chi connectivity index (χ3n) is 0.828. The van der Waals surface area contributed by atoms with Gasteiger partial charge >= 0.3 is 6.09 Å². The van der Waals surface area contributed by atoms with E-state index < -0.39 is 6.09 Å². The molecule has 0 spiro atoms. The summed E-state index contributed by atoms with van der Waals surface area (Å²) in [5.74, 6) is 0. The molecule has 0 fully saturated rings. The first-order valence-electron chi connectivity index (χ1n) is 3.61. The second-order valence-electron chi connectivity index (χ2n) is 3.30. The molecule has 0 atom stereocenters. The largest absolute Gasteiger partial charge is 0.448 e. The van der Waals surface area contributed by atoms with E-state index in [2.05, 4.69) is 5.32 Å². The van der Waals surface area contributed by atoms with Gasteiger partial charge in [0.05, 0.1) is 0 Å². The lowest BCUT2D eigenvalue weighted by molar-refractivity contribution is 0.140. The van der Waals surface area contributed by atoms with E-state index in [-0.39, 0.29) is 24.6 Å². The van der Waals surface area contributed by atoms with Crippen molar-refractivity contribution in [3.8, 4) is 0 Å². The van der Waals surface area contributed by atoms with Crippen LogP contribution in [0.1, 0.15) is 20.8 Å². The molecule has 0 aliphatic rings. The van der Waals surface area contributed by atoms with Gasteiger partial charge in [-0.2, -0.15) is 0 Å². The Morgan fingerprint density at radius 1 is 1.50 bits per heavy atom. The molecule has 5 heteroatoms. The molecule has 1 amide bonds. The number of hydrogen-bond donors (Lipinski definition) is 2. The molecule has 0 aliphatic heterocycles. The van der Waals surface area contributed by atoms with Crippen molar-refractivity contribution >= 4 is 18.5 Å². The molecule has 0 heterocycles. The van der Waals surface area contributed by atoms with E-state index in [1.165, 1.54) is 0 Å². The Hall–Kier alpha value is -0.480. The summed E-state index contributed by atoms with van der Waals surface area (Å²) in [6.45, 7) is 6.28. The van der Waals surface area contributed by atoms with Gasteiger partial charge in [0, 0.05) is 12.1 Å². The van der Waals surface area contributed by atoms with E-state index in [1.54, 1.807) is 0 Å². The van der Waals surface area contributed by atoms with E-state index in [0.29, 0.717) is 6.54 Å². The van der Waals surface area contributed by atoms with Crippen molar-refractivity contribution in [3.63, 3.8) is 0 Å². The van der Waals surface area contributed by atoms with Crippen molar-refractivity contribution in [2.24, 2.45) is 5.73 Å². The van der Waals surface area contributed by atoms with Gasteiger partial charge in [-0.15, -0.1) is 12.4 Å². The summed E-state index contributed by atoms with van der Waals surface area (Å²) in [5, 5.41) is 2.64. The Bertz CT molecular complexity index is 134. The summed E-state index contributed by atoms with van der Waals surface area (Å²) in [7, 11) is 0. The number of hydrogen-bond acceptors (Lipinski definition) is 3. The quantitative estimate of drug-likeness (QED) is 0.690. The standard InChI is InChI=1S/C7H16N2O2.ClH/c1-7(2,3)9-6(10)11-5-4-8;/h4-5,8H2,1-3H3,(H,9,10);1H. The Labute approximate surface area is 79.2 Å². The Morgan fingerprint density at radius 3 is 2.33 bits per heavy atom. The van der Waals surface area contributed by atoms with Gasteiger partial charge in [-0.25, -0.2) is 4.79 Å². The highest BCUT2D eigenvalue weighted by Gasteiger charge is 2.13. The van der Waals surface area contributed by atoms with Crippen LogP contribution in [0.25, 0.3) is 0 Å². The molecular weight excluding hydrogens is 180 g/mol. The smallest absolute Gasteiger partial charge is 0.407 e. The molecule has 0 saturated carbocycles. The fourth-order valence-corrected chi connectivity index (χ4v) is 0.494. The van der Waals surface area contributed by atoms with Gasteiger partial charge in [0.2, 0.25) is 0 Å². The van der Waals surface area contributed by atoms with Crippen molar-refractivity contribution < 1.29 is 9.53 Å². The molecule has 0 unspecified atom stereocenters. The maximum Gasteiger partial charge on any atom is 0.407 e. The minimum atomic E-state index is -0.414. The molecule has 0 aromatic rings. The van der Waals surface area contributed by atoms with Crippen LogP contribution < -0.4 is 11.1 Å². The van der Waals surface area contributed by atoms with Crippen molar-refractivity contribution in [2.45, 2.75) is 26.3 Å². The minimum absolute atomic E-state index is 0. The first-order chi connectivity index (χ1) is 4.95. The number of nitrogens with one attached hydrogen (secondary N) is 1. The van der Waals surface area contributed by atoms with Crippen molar-refractivity contribution in [2.75, 3.05) is 13.2 Å². The van der Waals surface area contributed by atoms with Gasteiger partial charge in [-0.3, -0.25) is 0 Å². The maximum atomic E-state index is 10.8. The zero-order valence-corrected chi connectivity index (χ0v) is 8.53. The van der Waals surface area contributed by atoms with E-state index in [4.69, 9.17) is 10.5 Å². The predicted octanol–water partition coefficient (Wildman–Crippen LogP) is 0.892. The lowest BCUT2D eigenvalue weighted by Gasteiger charge is -2.19. The number of halogens is 1. The van der Waals surface area contributed by atoms with Gasteiger partial charge in [-0.05, 0) is 20.8 Å². The maximum absolute atomic E-state index is 10.8. The summed E-state index contributed by atoms with van der Waals surface area (Å²) in [6, 6.07) is 0. The van der Waals surface area contributed by atoms with Crippen LogP contribution in [-0.4, -0.2) is 24.8 Å². The molecule has 0 aliphatic carbocycles. The molecule has 4 nitrogen and oxygen atoms in total. The van der Waals surface area contributed by atoms with Gasteiger partial charge < -0.3 is 15.8 Å². The van der Waals surface area contributed by atoms with Gasteiger partial charge in [0.15, 0.2) is 0 Å². The Balaban J connectivity index is 0. The van der Waals surface area contributed by atoms with Crippen LogP contribution in [0.15, 0.2) is 0 Å². The number of carbonyl (C=O) groups is 1. The van der Waals surface area contributed by atoms with E-state index in [9.17, 15) is 4.79 Å². The molecule has 0 bridgehead atoms. The monoisotopic (exact) mass is 196 g/mol. The fourth-order valence-electron chi connectivity index (χ4n) is 0.494. The highest BCUT2D eigenvalue weighted by atomic mass is 35.5. The molecule has 0 radical (unpaired) electrons. The molecule has 0 saturated heterocycles. The van der Waals surface area contributed by atoms with Crippen LogP contribution in [0.2, 0.25) is 0 Å². The summed E-state index contributed by atoms with van der Waals surface area (Å²) < 4.78 is 4.69.